The van der Waals surface area contributed by atoms with Gasteiger partial charge in [0, 0.05) is 11.6 Å². The lowest BCUT2D eigenvalue weighted by Gasteiger charge is -2.23. The topological polar surface area (TPSA) is 71.1 Å². The van der Waals surface area contributed by atoms with Crippen LogP contribution in [0.1, 0.15) is 117 Å². The first-order valence-electron chi connectivity index (χ1n) is 13.5. The van der Waals surface area contributed by atoms with E-state index in [4.69, 9.17) is 18.1 Å². The van der Waals surface area contributed by atoms with Gasteiger partial charge in [-0.25, -0.2) is 0 Å². The van der Waals surface area contributed by atoms with Crippen LogP contribution in [0.25, 0.3) is 0 Å². The summed E-state index contributed by atoms with van der Waals surface area (Å²) < 4.78 is 47.9. The standard InChI is InChI=1S/C26H52O6P2/c1-6-11-18-23-29-33(27,9-4)30-25-20-16-14-15-17-22-26(21-13-8-3)32-34(28,10-5)31-24-19-12-7-2/h9-10,26H,4-8,11-25H2,1-3H3. The smallest absolute Gasteiger partial charge is 0.306 e. The quantitative estimate of drug-likeness (QED) is 0.0831. The summed E-state index contributed by atoms with van der Waals surface area (Å²) in [5.74, 6) is 2.66. The Morgan fingerprint density at radius 1 is 0.588 bits per heavy atom. The molecule has 0 aromatic heterocycles. The Kier molecular flexibility index (Phi) is 21.9. The minimum absolute atomic E-state index is 0.0679. The lowest BCUT2D eigenvalue weighted by atomic mass is 10.0. The van der Waals surface area contributed by atoms with Gasteiger partial charge in [-0.15, -0.1) is 0 Å². The fourth-order valence-corrected chi connectivity index (χ4v) is 5.76. The SMILES string of the molecule is C=CP(=O)(OCCCCC)OCCCCCCCC(CCCC)OP(=O)(C=C)OCCCCC. The molecule has 0 radical (unpaired) electrons. The monoisotopic (exact) mass is 522 g/mol. The molecule has 0 saturated heterocycles. The molecular formula is C26H52O6P2. The van der Waals surface area contributed by atoms with E-state index in [2.05, 4.69) is 33.9 Å². The Hall–Kier alpha value is -0.220. The molecule has 0 aromatic carbocycles. The van der Waals surface area contributed by atoms with E-state index in [1.165, 1.54) is 11.6 Å². The summed E-state index contributed by atoms with van der Waals surface area (Å²) in [6.07, 6.45) is 14.8. The molecule has 0 fully saturated rings. The van der Waals surface area contributed by atoms with Gasteiger partial charge in [-0.05, 0) is 32.1 Å². The van der Waals surface area contributed by atoms with E-state index >= 15 is 0 Å². The van der Waals surface area contributed by atoms with Crippen LogP contribution in [0.3, 0.4) is 0 Å². The molecule has 0 aliphatic carbocycles. The van der Waals surface area contributed by atoms with Gasteiger partial charge in [-0.3, -0.25) is 9.13 Å². The lowest BCUT2D eigenvalue weighted by molar-refractivity contribution is 0.133. The molecule has 0 amide bonds. The summed E-state index contributed by atoms with van der Waals surface area (Å²) in [4.78, 5) is 0. The summed E-state index contributed by atoms with van der Waals surface area (Å²) in [6, 6.07) is 0. The molecule has 202 valence electrons. The maximum Gasteiger partial charge on any atom is 0.353 e. The zero-order valence-electron chi connectivity index (χ0n) is 22.2. The average molecular weight is 523 g/mol. The summed E-state index contributed by atoms with van der Waals surface area (Å²) in [7, 11) is -6.40. The molecule has 0 aromatic rings. The Morgan fingerprint density at radius 2 is 1.00 bits per heavy atom. The van der Waals surface area contributed by atoms with E-state index in [9.17, 15) is 9.13 Å². The van der Waals surface area contributed by atoms with Crippen LogP contribution in [0.4, 0.5) is 0 Å². The highest BCUT2D eigenvalue weighted by molar-refractivity contribution is 7.57. The number of hydrogen-bond donors (Lipinski definition) is 0. The van der Waals surface area contributed by atoms with Gasteiger partial charge in [0.1, 0.15) is 0 Å². The van der Waals surface area contributed by atoms with E-state index in [1.807, 2.05) is 0 Å². The molecule has 0 N–H and O–H groups in total. The average Bonchev–Trinajstić information content (AvgIpc) is 2.84. The van der Waals surface area contributed by atoms with Gasteiger partial charge in [0.25, 0.3) is 0 Å². The van der Waals surface area contributed by atoms with Crippen LogP contribution in [-0.2, 0) is 27.2 Å². The van der Waals surface area contributed by atoms with E-state index in [-0.39, 0.29) is 6.10 Å². The predicted molar refractivity (Wildman–Crippen MR) is 145 cm³/mol. The van der Waals surface area contributed by atoms with Gasteiger partial charge in [-0.2, -0.15) is 0 Å². The molecule has 0 bridgehead atoms. The van der Waals surface area contributed by atoms with E-state index in [0.717, 1.165) is 96.3 Å². The van der Waals surface area contributed by atoms with E-state index < -0.39 is 15.2 Å². The first kappa shape index (κ1) is 33.8. The second-order valence-corrected chi connectivity index (χ2v) is 12.7. The zero-order chi connectivity index (χ0) is 25.5. The number of hydrogen-bond acceptors (Lipinski definition) is 6. The van der Waals surface area contributed by atoms with Crippen LogP contribution in [0.2, 0.25) is 0 Å². The van der Waals surface area contributed by atoms with Crippen LogP contribution >= 0.6 is 15.2 Å². The van der Waals surface area contributed by atoms with Crippen LogP contribution in [0.5, 0.6) is 0 Å². The van der Waals surface area contributed by atoms with Gasteiger partial charge in [0.05, 0.1) is 25.9 Å². The first-order chi connectivity index (χ1) is 16.4. The molecule has 0 spiro atoms. The van der Waals surface area contributed by atoms with Crippen molar-refractivity contribution in [3.8, 4) is 0 Å². The summed E-state index contributed by atoms with van der Waals surface area (Å²) >= 11 is 0. The maximum absolute atomic E-state index is 12.9. The Morgan fingerprint density at radius 3 is 1.50 bits per heavy atom. The zero-order valence-corrected chi connectivity index (χ0v) is 24.0. The number of rotatable bonds is 26. The molecule has 0 saturated carbocycles. The second-order valence-electron chi connectivity index (χ2n) is 8.78. The van der Waals surface area contributed by atoms with Gasteiger partial charge in [0.15, 0.2) is 0 Å². The Balaban J connectivity index is 4.20. The molecular weight excluding hydrogens is 470 g/mol. The van der Waals surface area contributed by atoms with Crippen LogP contribution in [-0.4, -0.2) is 25.9 Å². The predicted octanol–water partition coefficient (Wildman–Crippen LogP) is 10.0. The maximum atomic E-state index is 12.9. The molecule has 0 rings (SSSR count). The number of unbranched alkanes of at least 4 members (excludes halogenated alkanes) is 9. The van der Waals surface area contributed by atoms with Gasteiger partial charge in [-0.1, -0.05) is 98.1 Å². The van der Waals surface area contributed by atoms with Crippen LogP contribution < -0.4 is 0 Å². The van der Waals surface area contributed by atoms with E-state index in [0.29, 0.717) is 19.8 Å². The molecule has 6 nitrogen and oxygen atoms in total. The van der Waals surface area contributed by atoms with Gasteiger partial charge >= 0.3 is 15.2 Å². The van der Waals surface area contributed by atoms with Crippen molar-refractivity contribution in [1.29, 1.82) is 0 Å². The van der Waals surface area contributed by atoms with Gasteiger partial charge in [0.2, 0.25) is 0 Å². The Bertz CT molecular complexity index is 596. The molecule has 0 heterocycles. The first-order valence-corrected chi connectivity index (χ1v) is 16.7. The van der Waals surface area contributed by atoms with Crippen molar-refractivity contribution >= 4 is 15.2 Å². The minimum Gasteiger partial charge on any atom is -0.306 e. The fourth-order valence-electron chi connectivity index (χ4n) is 3.44. The summed E-state index contributed by atoms with van der Waals surface area (Å²) in [5.41, 5.74) is 0. The third-order valence-electron chi connectivity index (χ3n) is 5.60. The van der Waals surface area contributed by atoms with E-state index in [1.54, 1.807) is 0 Å². The highest BCUT2D eigenvalue weighted by atomic mass is 31.2. The highest BCUT2D eigenvalue weighted by Gasteiger charge is 2.25. The highest BCUT2D eigenvalue weighted by Crippen LogP contribution is 2.52. The summed E-state index contributed by atoms with van der Waals surface area (Å²) in [6.45, 7) is 15.0. The molecule has 8 heteroatoms. The van der Waals surface area contributed by atoms with Crippen molar-refractivity contribution in [3.05, 3.63) is 24.8 Å². The lowest BCUT2D eigenvalue weighted by Crippen LogP contribution is -2.12. The molecule has 3 unspecified atom stereocenters. The summed E-state index contributed by atoms with van der Waals surface area (Å²) in [5, 5.41) is 0. The molecule has 34 heavy (non-hydrogen) atoms. The van der Waals surface area contributed by atoms with Crippen molar-refractivity contribution in [2.24, 2.45) is 0 Å². The van der Waals surface area contributed by atoms with Crippen molar-refractivity contribution in [1.82, 2.24) is 0 Å². The van der Waals surface area contributed by atoms with Crippen molar-refractivity contribution in [2.45, 2.75) is 123 Å². The van der Waals surface area contributed by atoms with Crippen LogP contribution in [0.15, 0.2) is 24.8 Å². The third-order valence-corrected chi connectivity index (χ3v) is 8.72. The second kappa shape index (κ2) is 22.0. The van der Waals surface area contributed by atoms with Crippen molar-refractivity contribution in [3.63, 3.8) is 0 Å². The fraction of sp³-hybridized carbons (Fsp3) is 0.846. The van der Waals surface area contributed by atoms with Gasteiger partial charge < -0.3 is 18.1 Å². The molecule has 3 atom stereocenters. The molecule has 0 aliphatic heterocycles. The van der Waals surface area contributed by atoms with Crippen LogP contribution in [0, 0.1) is 0 Å². The minimum atomic E-state index is -3.24. The normalized spacial score (nSPS) is 16.0. The van der Waals surface area contributed by atoms with Crippen molar-refractivity contribution in [2.75, 3.05) is 19.8 Å². The Labute approximate surface area is 210 Å². The largest absolute Gasteiger partial charge is 0.353 e. The third kappa shape index (κ3) is 18.1. The van der Waals surface area contributed by atoms with Crippen molar-refractivity contribution < 1.29 is 27.2 Å². The molecule has 0 aliphatic rings.